The normalized spacial score (nSPS) is 14.0. The van der Waals surface area contributed by atoms with Crippen molar-refractivity contribution in [1.82, 2.24) is 61.4 Å². The summed E-state index contributed by atoms with van der Waals surface area (Å²) < 4.78 is 22.5. The summed E-state index contributed by atoms with van der Waals surface area (Å²) in [6.07, 6.45) is 5.42. The van der Waals surface area contributed by atoms with E-state index >= 15 is 0 Å². The fraction of sp³-hybridized carbons (Fsp3) is 0.642. The zero-order valence-electron chi connectivity index (χ0n) is 59.5. The summed E-state index contributed by atoms with van der Waals surface area (Å²) in [6, 6.07) is 14.3. The third-order valence-corrected chi connectivity index (χ3v) is 16.9. The Morgan fingerprint density at radius 3 is 1.25 bits per heavy atom. The molecule has 0 aromatic heterocycles. The molecule has 1 aliphatic heterocycles. The molecule has 0 saturated carbocycles. The van der Waals surface area contributed by atoms with Gasteiger partial charge in [0.2, 0.25) is 29.5 Å². The van der Waals surface area contributed by atoms with Crippen molar-refractivity contribution in [1.29, 1.82) is 0 Å². The molecule has 104 heavy (non-hydrogen) atoms. The molecule has 0 aliphatic carbocycles. The number of carboxylic acid groups (broad SMARTS) is 4. The molecular formula is C67H108N14O20S3. The first-order chi connectivity index (χ1) is 49.9. The van der Waals surface area contributed by atoms with E-state index < -0.39 is 47.6 Å². The van der Waals surface area contributed by atoms with Gasteiger partial charge in [0.05, 0.1) is 79.0 Å². The molecule has 1 unspecified atom stereocenters. The maximum atomic E-state index is 12.4. The lowest BCUT2D eigenvalue weighted by Gasteiger charge is -2.37. The van der Waals surface area contributed by atoms with Gasteiger partial charge in [-0.3, -0.25) is 78.4 Å². The number of carbonyl (C=O) groups excluding carboxylic acids is 5. The molecule has 0 spiro atoms. The molecule has 37 heteroatoms. The van der Waals surface area contributed by atoms with Gasteiger partial charge in [0.25, 0.3) is 0 Å². The number of hydrogen-bond acceptors (Lipinski definition) is 23. The van der Waals surface area contributed by atoms with Gasteiger partial charge >= 0.3 is 23.9 Å². The third kappa shape index (κ3) is 45.0. The Hall–Kier alpha value is -7.50. The van der Waals surface area contributed by atoms with Crippen LogP contribution < -0.4 is 37.2 Å². The highest BCUT2D eigenvalue weighted by atomic mass is 32.1. The van der Waals surface area contributed by atoms with Gasteiger partial charge in [-0.1, -0.05) is 24.4 Å². The Kier molecular flexibility index (Phi) is 48.0. The van der Waals surface area contributed by atoms with E-state index in [4.69, 9.17) is 55.6 Å². The molecule has 1 saturated heterocycles. The number of hydrogen-bond donors (Lipinski definition) is 14. The number of aliphatic carboxylic acids is 4. The highest BCUT2D eigenvalue weighted by molar-refractivity contribution is 7.81. The van der Waals surface area contributed by atoms with Gasteiger partial charge in [-0.15, -0.1) is 0 Å². The molecule has 1 aliphatic rings. The van der Waals surface area contributed by atoms with E-state index in [1.165, 1.54) is 6.92 Å². The summed E-state index contributed by atoms with van der Waals surface area (Å²) in [5.41, 5.74) is 3.11. The lowest BCUT2D eigenvalue weighted by Crippen LogP contribution is -2.53. The van der Waals surface area contributed by atoms with Crippen molar-refractivity contribution >= 4 is 117 Å². The van der Waals surface area contributed by atoms with E-state index in [1.54, 1.807) is 19.6 Å². The monoisotopic (exact) mass is 1520 g/mol. The molecule has 34 nitrogen and oxygen atoms in total. The predicted octanol–water partition coefficient (Wildman–Crippen LogP) is 1.74. The Labute approximate surface area is 623 Å². The summed E-state index contributed by atoms with van der Waals surface area (Å²) in [7, 11) is 0. The number of thiocarbonyl (C=S) groups is 3. The van der Waals surface area contributed by atoms with Crippen LogP contribution in [0.1, 0.15) is 102 Å². The highest BCUT2D eigenvalue weighted by Crippen LogP contribution is 2.17. The van der Waals surface area contributed by atoms with Crippen LogP contribution in [0.2, 0.25) is 0 Å². The number of rotatable bonds is 52. The van der Waals surface area contributed by atoms with Crippen LogP contribution in [0.25, 0.3) is 0 Å². The van der Waals surface area contributed by atoms with E-state index in [0.717, 1.165) is 23.2 Å². The number of benzene rings is 2. The number of anilines is 2. The van der Waals surface area contributed by atoms with Crippen molar-refractivity contribution < 1.29 is 98.1 Å². The van der Waals surface area contributed by atoms with Gasteiger partial charge in [-0.2, -0.15) is 0 Å². The molecule has 2 aromatic carbocycles. The molecule has 1 heterocycles. The molecule has 0 radical (unpaired) electrons. The van der Waals surface area contributed by atoms with Crippen LogP contribution in [-0.2, 0) is 68.5 Å². The summed E-state index contributed by atoms with van der Waals surface area (Å²) in [4.78, 5) is 115. The largest absolute Gasteiger partial charge is 0.480 e. The second kappa shape index (κ2) is 55.0. The molecular weight excluding hydrogens is 1420 g/mol. The first-order valence-electron chi connectivity index (χ1n) is 35.0. The molecule has 584 valence electrons. The zero-order chi connectivity index (χ0) is 76.3. The summed E-state index contributed by atoms with van der Waals surface area (Å²) in [5, 5.41) is 92.1. The number of amides is 5. The fourth-order valence-corrected chi connectivity index (χ4v) is 11.1. The minimum absolute atomic E-state index is 0.0726. The number of carbonyl (C=O) groups is 9. The van der Waals surface area contributed by atoms with Gasteiger partial charge in [-0.25, -0.2) is 15.2 Å². The van der Waals surface area contributed by atoms with Crippen LogP contribution >= 0.6 is 36.7 Å². The topological polar surface area (TPSA) is 439 Å². The van der Waals surface area contributed by atoms with Crippen LogP contribution in [-0.4, -0.2) is 323 Å². The Morgan fingerprint density at radius 2 is 0.808 bits per heavy atom. The van der Waals surface area contributed by atoms with E-state index in [9.17, 15) is 79.2 Å². The zero-order valence-corrected chi connectivity index (χ0v) is 61.9. The van der Waals surface area contributed by atoms with Gasteiger partial charge in [-0.05, 0) is 131 Å². The van der Waals surface area contributed by atoms with Crippen molar-refractivity contribution in [2.75, 3.05) is 188 Å². The van der Waals surface area contributed by atoms with Crippen molar-refractivity contribution in [2.24, 2.45) is 0 Å². The van der Waals surface area contributed by atoms with E-state index in [1.807, 2.05) is 48.5 Å². The second-order valence-electron chi connectivity index (χ2n) is 24.5. The number of nitrogens with zero attached hydrogens (tertiary/aromatic N) is 7. The summed E-state index contributed by atoms with van der Waals surface area (Å²) >= 11 is 16.5. The molecule has 5 amide bonds. The Bertz CT molecular complexity index is 2930. The number of carboxylic acids is 4. The van der Waals surface area contributed by atoms with Crippen LogP contribution in [0.3, 0.4) is 0 Å². The van der Waals surface area contributed by atoms with Crippen LogP contribution in [0.5, 0.6) is 0 Å². The van der Waals surface area contributed by atoms with E-state index in [-0.39, 0.29) is 129 Å². The summed E-state index contributed by atoms with van der Waals surface area (Å²) in [6.45, 7) is 6.95. The van der Waals surface area contributed by atoms with E-state index in [0.29, 0.717) is 179 Å². The molecule has 3 rings (SSSR count). The van der Waals surface area contributed by atoms with Crippen LogP contribution in [0.15, 0.2) is 48.5 Å². The number of hydroxylamine groups is 6. The minimum Gasteiger partial charge on any atom is -0.480 e. The van der Waals surface area contributed by atoms with Gasteiger partial charge in [0.1, 0.15) is 4.99 Å². The van der Waals surface area contributed by atoms with Crippen molar-refractivity contribution in [3.8, 4) is 0 Å². The fourth-order valence-electron chi connectivity index (χ4n) is 10.4. The predicted molar refractivity (Wildman–Crippen MR) is 395 cm³/mol. The number of nitrogens with one attached hydrogen (secondary N) is 7. The summed E-state index contributed by atoms with van der Waals surface area (Å²) in [5.74, 6) is -6.55. The number of ether oxygens (including phenoxy) is 4. The first kappa shape index (κ1) is 90.7. The van der Waals surface area contributed by atoms with Crippen LogP contribution in [0, 0.1) is 0 Å². The maximum Gasteiger partial charge on any atom is 0.317 e. The highest BCUT2D eigenvalue weighted by Gasteiger charge is 2.28. The second-order valence-corrected chi connectivity index (χ2v) is 25.7. The quantitative estimate of drug-likeness (QED) is 0.0194. The standard InChI is InChI=1S/C67H108N14O20S3/c1-51(82)79(95)28-8-2-5-23-68-57(83)19-21-59(85)80(96)29-9-3-6-24-69-58(84)20-22-60(86)81(97)30-10-4-7-25-71-66(103)74-55-17-13-53(14-18-55)65(102)70-26-37-98-39-41-100-43-44-101-42-40-99-38-27-72-67(104)73-54-15-11-52(12-16-54)45-56-46-77(49-63(91)92)34-33-75(47-61(87)88)31-32-76(48-62(89)90)35-36-78(56)50-64(93)94/h11-18,56,95-97H,2-10,19-50H2,1H3,(H,68,83)(H,69,84)(H,70,102)(H,87,88)(H,89,90)(H,91,92)(H,93,94)(H2,71,74,103)(H2,72,73,104). The Balaban J connectivity index is 1.15. The van der Waals surface area contributed by atoms with Crippen molar-refractivity contribution in [3.05, 3.63) is 59.7 Å². The first-order valence-corrected chi connectivity index (χ1v) is 36.2. The smallest absolute Gasteiger partial charge is 0.317 e. The molecule has 0 bridgehead atoms. The van der Waals surface area contributed by atoms with Crippen molar-refractivity contribution in [2.45, 2.75) is 103 Å². The Morgan fingerprint density at radius 1 is 0.433 bits per heavy atom. The molecule has 2 aromatic rings. The minimum atomic E-state index is -1.09. The molecule has 1 fully saturated rings. The van der Waals surface area contributed by atoms with Crippen molar-refractivity contribution in [3.63, 3.8) is 0 Å². The third-order valence-electron chi connectivity index (χ3n) is 16.0. The maximum absolute atomic E-state index is 12.4. The van der Waals surface area contributed by atoms with Gasteiger partial charge in [0.15, 0.2) is 10.2 Å². The SMILES string of the molecule is CC(=O)N(O)CCCCCNC(=O)CCC(=O)N(O)CCCCCNC(=O)CCC(=O)N(O)CCCCCNC(=S)Nc1ccc(C(=S)NCCOCCOCCOCCOCCNC(=S)Nc2ccc(CC3CN(CC(=O)O)CCN(CC(=O)O)CCN(CC(=O)O)CCN3CC(=O)O)cc2)cc1. The van der Waals surface area contributed by atoms with Gasteiger partial charge in [0, 0.05) is 154 Å². The average molecular weight is 1530 g/mol. The molecule has 1 atom stereocenters. The lowest BCUT2D eigenvalue weighted by molar-refractivity contribution is -0.166. The lowest BCUT2D eigenvalue weighted by atomic mass is 10.0. The average Bonchev–Trinajstić information content (AvgIpc) is 0.886. The van der Waals surface area contributed by atoms with Crippen LogP contribution in [0.4, 0.5) is 11.4 Å². The van der Waals surface area contributed by atoms with E-state index in [2.05, 4.69) is 37.2 Å². The number of unbranched alkanes of at least 4 members (excludes halogenated alkanes) is 6. The van der Waals surface area contributed by atoms with Gasteiger partial charge < -0.3 is 76.6 Å². The molecule has 14 N–H and O–H groups in total.